The predicted octanol–water partition coefficient (Wildman–Crippen LogP) is 2.51. The number of rotatable bonds is 5. The van der Waals surface area contributed by atoms with Gasteiger partial charge in [0.1, 0.15) is 5.75 Å². The Labute approximate surface area is 107 Å². The Hall–Kier alpha value is -1.36. The molecule has 1 aliphatic rings. The van der Waals surface area contributed by atoms with Gasteiger partial charge in [0.25, 0.3) is 5.78 Å². The molecule has 0 bridgehead atoms. The summed E-state index contributed by atoms with van der Waals surface area (Å²) < 4.78 is 5.95. The molecule has 1 aliphatic carbocycles. The Morgan fingerprint density at radius 1 is 1.41 bits per heavy atom. The van der Waals surface area contributed by atoms with E-state index in [0.717, 1.165) is 0 Å². The first-order chi connectivity index (χ1) is 8.09. The summed E-state index contributed by atoms with van der Waals surface area (Å²) in [6.07, 6.45) is 2.34. The minimum atomic E-state index is -1.47. The fourth-order valence-electron chi connectivity index (χ4n) is 1.40. The average Bonchev–Trinajstić information content (AvgIpc) is 3.10. The number of benzene rings is 1. The molecule has 0 aliphatic heterocycles. The van der Waals surface area contributed by atoms with Gasteiger partial charge >= 0.3 is 5.97 Å². The highest BCUT2D eigenvalue weighted by Crippen LogP contribution is 2.33. The van der Waals surface area contributed by atoms with Crippen molar-refractivity contribution in [2.24, 2.45) is 5.92 Å². The molecule has 1 N–H and O–H groups in total. The molecule has 5 heteroatoms. The van der Waals surface area contributed by atoms with Gasteiger partial charge in [-0.25, -0.2) is 4.79 Å². The number of carbonyl (C=O) groups is 2. The van der Waals surface area contributed by atoms with Crippen molar-refractivity contribution in [2.45, 2.75) is 12.8 Å². The first-order valence-electron chi connectivity index (χ1n) is 5.28. The van der Waals surface area contributed by atoms with E-state index < -0.39 is 11.8 Å². The summed E-state index contributed by atoms with van der Waals surface area (Å²) in [6.45, 7) is 0.614. The third-order valence-electron chi connectivity index (χ3n) is 2.57. The number of Topliss-reactive ketones (excluding diaryl/α,β-unsaturated/α-hetero) is 1. The van der Waals surface area contributed by atoms with E-state index in [2.05, 4.69) is 15.9 Å². The lowest BCUT2D eigenvalue weighted by atomic mass is 10.1. The predicted molar refractivity (Wildman–Crippen MR) is 64.3 cm³/mol. The van der Waals surface area contributed by atoms with Crippen LogP contribution in [-0.4, -0.2) is 23.5 Å². The molecule has 0 radical (unpaired) electrons. The van der Waals surface area contributed by atoms with Crippen LogP contribution in [0.1, 0.15) is 23.2 Å². The third kappa shape index (κ3) is 2.85. The van der Waals surface area contributed by atoms with Gasteiger partial charge in [-0.15, -0.1) is 0 Å². The van der Waals surface area contributed by atoms with Gasteiger partial charge in [-0.05, 0) is 46.8 Å². The van der Waals surface area contributed by atoms with Crippen molar-refractivity contribution in [3.8, 4) is 5.75 Å². The van der Waals surface area contributed by atoms with Crippen LogP contribution in [0, 0.1) is 5.92 Å². The van der Waals surface area contributed by atoms with Crippen LogP contribution in [0.4, 0.5) is 0 Å². The number of hydrogen-bond acceptors (Lipinski definition) is 3. The van der Waals surface area contributed by atoms with Crippen molar-refractivity contribution in [3.05, 3.63) is 28.2 Å². The minimum absolute atomic E-state index is 0.116. The maximum absolute atomic E-state index is 11.4. The van der Waals surface area contributed by atoms with Crippen LogP contribution in [0.2, 0.25) is 0 Å². The van der Waals surface area contributed by atoms with Crippen LogP contribution in [0.3, 0.4) is 0 Å². The molecule has 1 saturated carbocycles. The normalized spacial score (nSPS) is 14.4. The third-order valence-corrected chi connectivity index (χ3v) is 3.39. The molecule has 0 atom stereocenters. The zero-order chi connectivity index (χ0) is 12.4. The van der Waals surface area contributed by atoms with E-state index >= 15 is 0 Å². The Kier molecular flexibility index (Phi) is 3.47. The zero-order valence-electron chi connectivity index (χ0n) is 8.98. The van der Waals surface area contributed by atoms with E-state index in [1.807, 2.05) is 0 Å². The van der Waals surface area contributed by atoms with Crippen LogP contribution in [-0.2, 0) is 4.79 Å². The number of aliphatic carboxylic acids is 1. The molecule has 4 nitrogen and oxygen atoms in total. The number of halogens is 1. The second kappa shape index (κ2) is 4.87. The number of carboxylic acid groups (broad SMARTS) is 1. The Morgan fingerprint density at radius 2 is 2.12 bits per heavy atom. The van der Waals surface area contributed by atoms with Gasteiger partial charge < -0.3 is 9.84 Å². The standard InChI is InChI=1S/C12H11BrO4/c13-10-8(11(14)12(15)16)2-1-3-9(10)17-6-7-4-5-7/h1-3,7H,4-6H2,(H,15,16). The minimum Gasteiger partial charge on any atom is -0.492 e. The zero-order valence-corrected chi connectivity index (χ0v) is 10.6. The van der Waals surface area contributed by atoms with Crippen LogP contribution < -0.4 is 4.74 Å². The van der Waals surface area contributed by atoms with Gasteiger partial charge in [-0.2, -0.15) is 0 Å². The second-order valence-corrected chi connectivity index (χ2v) is 4.80. The summed E-state index contributed by atoms with van der Waals surface area (Å²) in [4.78, 5) is 22.0. The first kappa shape index (κ1) is 12.1. The Bertz CT molecular complexity index is 466. The number of ketones is 1. The van der Waals surface area contributed by atoms with Crippen LogP contribution in [0.5, 0.6) is 5.75 Å². The fraction of sp³-hybridized carbons (Fsp3) is 0.333. The smallest absolute Gasteiger partial charge is 0.377 e. The molecular formula is C12H11BrO4. The number of carbonyl (C=O) groups excluding carboxylic acids is 1. The van der Waals surface area contributed by atoms with Crippen molar-refractivity contribution in [1.29, 1.82) is 0 Å². The number of carboxylic acids is 1. The monoisotopic (exact) mass is 298 g/mol. The number of ether oxygens (including phenoxy) is 1. The summed E-state index contributed by atoms with van der Waals surface area (Å²) in [7, 11) is 0. The lowest BCUT2D eigenvalue weighted by Gasteiger charge is -2.09. The van der Waals surface area contributed by atoms with Crippen molar-refractivity contribution in [2.75, 3.05) is 6.61 Å². The van der Waals surface area contributed by atoms with E-state index in [1.165, 1.54) is 18.9 Å². The summed E-state index contributed by atoms with van der Waals surface area (Å²) in [6, 6.07) is 4.79. The molecule has 0 aromatic heterocycles. The van der Waals surface area contributed by atoms with Crippen molar-refractivity contribution in [1.82, 2.24) is 0 Å². The van der Waals surface area contributed by atoms with Crippen LogP contribution >= 0.6 is 15.9 Å². The van der Waals surface area contributed by atoms with E-state index in [0.29, 0.717) is 22.7 Å². The van der Waals surface area contributed by atoms with Crippen molar-refractivity contribution >= 4 is 27.7 Å². The van der Waals surface area contributed by atoms with Gasteiger partial charge in [0.2, 0.25) is 0 Å². The summed E-state index contributed by atoms with van der Waals surface area (Å²) >= 11 is 3.21. The molecule has 0 unspecified atom stereocenters. The lowest BCUT2D eigenvalue weighted by molar-refractivity contribution is -0.131. The first-order valence-corrected chi connectivity index (χ1v) is 6.08. The quantitative estimate of drug-likeness (QED) is 0.670. The second-order valence-electron chi connectivity index (χ2n) is 4.01. The SMILES string of the molecule is O=C(O)C(=O)c1cccc(OCC2CC2)c1Br. The summed E-state index contributed by atoms with van der Waals surface area (Å²) in [5.74, 6) is -1.29. The Balaban J connectivity index is 2.19. The van der Waals surface area contributed by atoms with Gasteiger partial charge in [-0.1, -0.05) is 6.07 Å². The topological polar surface area (TPSA) is 63.6 Å². The summed E-state index contributed by atoms with van der Waals surface area (Å²) in [5.41, 5.74) is 0.116. The highest BCUT2D eigenvalue weighted by atomic mass is 79.9. The van der Waals surface area contributed by atoms with Gasteiger partial charge in [0.15, 0.2) is 0 Å². The highest BCUT2D eigenvalue weighted by molar-refractivity contribution is 9.10. The lowest BCUT2D eigenvalue weighted by Crippen LogP contribution is -2.13. The maximum Gasteiger partial charge on any atom is 0.377 e. The Morgan fingerprint density at radius 3 is 2.71 bits per heavy atom. The van der Waals surface area contributed by atoms with Gasteiger partial charge in [0.05, 0.1) is 11.1 Å². The summed E-state index contributed by atoms with van der Waals surface area (Å²) in [5, 5.41) is 8.67. The molecular weight excluding hydrogens is 288 g/mol. The maximum atomic E-state index is 11.4. The van der Waals surface area contributed by atoms with Crippen LogP contribution in [0.25, 0.3) is 0 Å². The van der Waals surface area contributed by atoms with E-state index in [-0.39, 0.29) is 5.56 Å². The van der Waals surface area contributed by atoms with E-state index in [1.54, 1.807) is 12.1 Å². The van der Waals surface area contributed by atoms with Crippen molar-refractivity contribution in [3.63, 3.8) is 0 Å². The van der Waals surface area contributed by atoms with E-state index in [4.69, 9.17) is 9.84 Å². The fourth-order valence-corrected chi connectivity index (χ4v) is 1.96. The van der Waals surface area contributed by atoms with Crippen molar-refractivity contribution < 1.29 is 19.4 Å². The molecule has 0 heterocycles. The van der Waals surface area contributed by atoms with Crippen LogP contribution in [0.15, 0.2) is 22.7 Å². The van der Waals surface area contributed by atoms with Gasteiger partial charge in [0, 0.05) is 5.56 Å². The highest BCUT2D eigenvalue weighted by Gasteiger charge is 2.24. The molecule has 1 aromatic carbocycles. The average molecular weight is 299 g/mol. The van der Waals surface area contributed by atoms with E-state index in [9.17, 15) is 9.59 Å². The molecule has 0 saturated heterocycles. The molecule has 90 valence electrons. The number of hydrogen-bond donors (Lipinski definition) is 1. The molecule has 17 heavy (non-hydrogen) atoms. The molecule has 1 aromatic rings. The molecule has 2 rings (SSSR count). The molecule has 0 spiro atoms. The van der Waals surface area contributed by atoms with Gasteiger partial charge in [-0.3, -0.25) is 4.79 Å². The largest absolute Gasteiger partial charge is 0.492 e. The molecule has 0 amide bonds. The molecule has 1 fully saturated rings.